The summed E-state index contributed by atoms with van der Waals surface area (Å²) in [5.74, 6) is -0.342. The quantitative estimate of drug-likeness (QED) is 0.634. The van der Waals surface area contributed by atoms with Crippen molar-refractivity contribution in [3.05, 3.63) is 0 Å². The lowest BCUT2D eigenvalue weighted by Gasteiger charge is -2.10. The predicted octanol–water partition coefficient (Wildman–Crippen LogP) is 0.570. The Morgan fingerprint density at radius 2 is 2.00 bits per heavy atom. The molecular formula is C10H18N2O2. The molecule has 1 rings (SSSR count). The average Bonchev–Trinajstić information content (AvgIpc) is 2.87. The van der Waals surface area contributed by atoms with Crippen LogP contribution in [0.15, 0.2) is 0 Å². The Kier molecular flexibility index (Phi) is 3.92. The maximum Gasteiger partial charge on any atom is 0.229 e. The van der Waals surface area contributed by atoms with Gasteiger partial charge in [0.05, 0.1) is 0 Å². The van der Waals surface area contributed by atoms with E-state index in [1.165, 1.54) is 0 Å². The van der Waals surface area contributed by atoms with Gasteiger partial charge < -0.3 is 10.6 Å². The molecule has 0 bridgehead atoms. The van der Waals surface area contributed by atoms with E-state index < -0.39 is 0 Å². The number of carbonyl (C=O) groups is 2. The molecule has 0 aromatic carbocycles. The number of hydrogen-bond acceptors (Lipinski definition) is 2. The highest BCUT2D eigenvalue weighted by Crippen LogP contribution is 2.18. The van der Waals surface area contributed by atoms with Crippen LogP contribution in [0.3, 0.4) is 0 Å². The van der Waals surface area contributed by atoms with E-state index in [0.717, 1.165) is 19.3 Å². The first-order valence-corrected chi connectivity index (χ1v) is 5.20. The fourth-order valence-corrected chi connectivity index (χ4v) is 1.08. The Labute approximate surface area is 84.4 Å². The van der Waals surface area contributed by atoms with Crippen LogP contribution in [0.25, 0.3) is 0 Å². The fourth-order valence-electron chi connectivity index (χ4n) is 1.08. The first-order chi connectivity index (χ1) is 6.61. The van der Waals surface area contributed by atoms with E-state index in [4.69, 9.17) is 0 Å². The molecule has 14 heavy (non-hydrogen) atoms. The molecule has 0 aromatic rings. The molecule has 2 N–H and O–H groups in total. The predicted molar refractivity (Wildman–Crippen MR) is 53.7 cm³/mol. The zero-order chi connectivity index (χ0) is 10.6. The van der Waals surface area contributed by atoms with Crippen molar-refractivity contribution < 1.29 is 9.59 Å². The molecule has 2 amide bonds. The number of rotatable bonds is 5. The average molecular weight is 198 g/mol. The molecule has 80 valence electrons. The Balaban J connectivity index is 2.14. The van der Waals surface area contributed by atoms with Crippen molar-refractivity contribution in [3.8, 4) is 0 Å². The maximum absolute atomic E-state index is 11.3. The molecule has 0 spiro atoms. The summed E-state index contributed by atoms with van der Waals surface area (Å²) in [5.41, 5.74) is 0. The Bertz CT molecular complexity index is 224. The summed E-state index contributed by atoms with van der Waals surface area (Å²) in [6.07, 6.45) is 2.95. The van der Waals surface area contributed by atoms with E-state index >= 15 is 0 Å². The highest BCUT2D eigenvalue weighted by Gasteiger charge is 2.24. The van der Waals surface area contributed by atoms with Crippen LogP contribution in [0.5, 0.6) is 0 Å². The minimum atomic E-state index is -0.183. The molecule has 1 saturated carbocycles. The molecule has 0 aromatic heterocycles. The summed E-state index contributed by atoms with van der Waals surface area (Å²) >= 11 is 0. The number of hydrogen-bond donors (Lipinski definition) is 2. The minimum Gasteiger partial charge on any atom is -0.353 e. The van der Waals surface area contributed by atoms with Gasteiger partial charge in [0.25, 0.3) is 0 Å². The molecular weight excluding hydrogens is 180 g/mol. The molecule has 0 saturated heterocycles. The van der Waals surface area contributed by atoms with Crippen LogP contribution in [0.1, 0.15) is 39.5 Å². The summed E-state index contributed by atoms with van der Waals surface area (Å²) in [5, 5.41) is 5.53. The lowest BCUT2D eigenvalue weighted by Crippen LogP contribution is -2.36. The van der Waals surface area contributed by atoms with Gasteiger partial charge >= 0.3 is 0 Å². The van der Waals surface area contributed by atoms with E-state index in [2.05, 4.69) is 10.6 Å². The van der Waals surface area contributed by atoms with Crippen molar-refractivity contribution in [2.75, 3.05) is 0 Å². The maximum atomic E-state index is 11.3. The summed E-state index contributed by atoms with van der Waals surface area (Å²) in [6, 6.07) is 0.482. The molecule has 4 heteroatoms. The molecule has 1 atom stereocenters. The second-order valence-corrected chi connectivity index (χ2v) is 3.90. The van der Waals surface area contributed by atoms with E-state index in [1.54, 1.807) is 0 Å². The summed E-state index contributed by atoms with van der Waals surface area (Å²) in [4.78, 5) is 22.5. The van der Waals surface area contributed by atoms with E-state index in [1.807, 2.05) is 13.8 Å². The zero-order valence-corrected chi connectivity index (χ0v) is 8.80. The first kappa shape index (κ1) is 11.0. The van der Waals surface area contributed by atoms with Gasteiger partial charge in [-0.2, -0.15) is 0 Å². The van der Waals surface area contributed by atoms with Crippen LogP contribution < -0.4 is 10.6 Å². The van der Waals surface area contributed by atoms with Crippen LogP contribution in [-0.2, 0) is 9.59 Å². The van der Waals surface area contributed by atoms with Gasteiger partial charge in [-0.05, 0) is 26.2 Å². The number of nitrogens with one attached hydrogen (secondary N) is 2. The second-order valence-electron chi connectivity index (χ2n) is 3.90. The van der Waals surface area contributed by atoms with Crippen LogP contribution in [0.4, 0.5) is 0 Å². The van der Waals surface area contributed by atoms with E-state index in [-0.39, 0.29) is 24.3 Å². The molecule has 0 aliphatic heterocycles. The number of carbonyl (C=O) groups excluding carboxylic acids is 2. The molecule has 0 heterocycles. The Morgan fingerprint density at radius 3 is 2.50 bits per heavy atom. The van der Waals surface area contributed by atoms with Crippen molar-refractivity contribution in [1.82, 2.24) is 10.6 Å². The molecule has 1 unspecified atom stereocenters. The van der Waals surface area contributed by atoms with Gasteiger partial charge in [0.2, 0.25) is 11.8 Å². The highest BCUT2D eigenvalue weighted by molar-refractivity contribution is 5.97. The third kappa shape index (κ3) is 4.25. The first-order valence-electron chi connectivity index (χ1n) is 5.20. The van der Waals surface area contributed by atoms with Crippen LogP contribution >= 0.6 is 0 Å². The highest BCUT2D eigenvalue weighted by atomic mass is 16.2. The van der Waals surface area contributed by atoms with Crippen LogP contribution in [0, 0.1) is 0 Å². The summed E-state index contributed by atoms with van der Waals surface area (Å²) < 4.78 is 0. The van der Waals surface area contributed by atoms with Gasteiger partial charge in [-0.25, -0.2) is 0 Å². The normalized spacial score (nSPS) is 17.3. The topological polar surface area (TPSA) is 58.2 Å². The summed E-state index contributed by atoms with van der Waals surface area (Å²) in [6.45, 7) is 3.92. The number of amides is 2. The van der Waals surface area contributed by atoms with E-state index in [0.29, 0.717) is 6.04 Å². The zero-order valence-electron chi connectivity index (χ0n) is 8.80. The van der Waals surface area contributed by atoms with Crippen molar-refractivity contribution >= 4 is 11.8 Å². The Hall–Kier alpha value is -1.06. The smallest absolute Gasteiger partial charge is 0.229 e. The monoisotopic (exact) mass is 198 g/mol. The van der Waals surface area contributed by atoms with Crippen molar-refractivity contribution in [1.29, 1.82) is 0 Å². The third-order valence-electron chi connectivity index (χ3n) is 2.28. The summed E-state index contributed by atoms with van der Waals surface area (Å²) in [7, 11) is 0. The van der Waals surface area contributed by atoms with Crippen LogP contribution in [-0.4, -0.2) is 23.9 Å². The molecule has 1 aliphatic carbocycles. The largest absolute Gasteiger partial charge is 0.353 e. The lowest BCUT2D eigenvalue weighted by molar-refractivity contribution is -0.129. The second kappa shape index (κ2) is 4.98. The minimum absolute atomic E-state index is 0.0408. The van der Waals surface area contributed by atoms with Gasteiger partial charge in [-0.1, -0.05) is 6.92 Å². The van der Waals surface area contributed by atoms with Gasteiger partial charge in [-0.3, -0.25) is 9.59 Å². The molecule has 4 nitrogen and oxygen atoms in total. The standard InChI is InChI=1S/C10H18N2O2/c1-3-7(2)11-9(13)6-10(14)12-8-4-5-8/h7-8H,3-6H2,1-2H3,(H,11,13)(H,12,14). The van der Waals surface area contributed by atoms with Gasteiger partial charge in [0.1, 0.15) is 6.42 Å². The Morgan fingerprint density at radius 1 is 1.36 bits per heavy atom. The van der Waals surface area contributed by atoms with Gasteiger partial charge in [0.15, 0.2) is 0 Å². The fraction of sp³-hybridized carbons (Fsp3) is 0.800. The van der Waals surface area contributed by atoms with Gasteiger partial charge in [-0.15, -0.1) is 0 Å². The van der Waals surface area contributed by atoms with Crippen molar-refractivity contribution in [2.45, 2.75) is 51.6 Å². The van der Waals surface area contributed by atoms with Crippen LogP contribution in [0.2, 0.25) is 0 Å². The SMILES string of the molecule is CCC(C)NC(=O)CC(=O)NC1CC1. The van der Waals surface area contributed by atoms with Crippen molar-refractivity contribution in [3.63, 3.8) is 0 Å². The lowest BCUT2D eigenvalue weighted by atomic mass is 10.2. The third-order valence-corrected chi connectivity index (χ3v) is 2.28. The molecule has 1 aliphatic rings. The molecule has 0 radical (unpaired) electrons. The van der Waals surface area contributed by atoms with Gasteiger partial charge in [0, 0.05) is 12.1 Å². The van der Waals surface area contributed by atoms with E-state index in [9.17, 15) is 9.59 Å². The van der Waals surface area contributed by atoms with Crippen molar-refractivity contribution in [2.24, 2.45) is 0 Å². The molecule has 1 fully saturated rings.